The van der Waals surface area contributed by atoms with Crippen molar-refractivity contribution in [1.82, 2.24) is 4.98 Å². The Hall–Kier alpha value is -1.11. The van der Waals surface area contributed by atoms with Gasteiger partial charge in [-0.25, -0.2) is 4.98 Å². The second-order valence-corrected chi connectivity index (χ2v) is 6.22. The minimum Gasteiger partial charge on any atom is -0.493 e. The zero-order chi connectivity index (χ0) is 14.8. The zero-order valence-electron chi connectivity index (χ0n) is 11.5. The lowest BCUT2D eigenvalue weighted by Gasteiger charge is -2.22. The van der Waals surface area contributed by atoms with E-state index in [0.29, 0.717) is 22.5 Å². The van der Waals surface area contributed by atoms with Gasteiger partial charge in [-0.3, -0.25) is 0 Å². The minimum absolute atomic E-state index is 0.466. The fourth-order valence-electron chi connectivity index (χ4n) is 2.05. The number of aliphatic hydroxyl groups is 1. The van der Waals surface area contributed by atoms with Gasteiger partial charge >= 0.3 is 0 Å². The average molecular weight is 358 g/mol. The van der Waals surface area contributed by atoms with Crippen molar-refractivity contribution in [3.8, 4) is 11.5 Å². The molecule has 0 aliphatic rings. The van der Waals surface area contributed by atoms with E-state index in [2.05, 4.69) is 20.9 Å². The van der Waals surface area contributed by atoms with Crippen LogP contribution >= 0.6 is 27.3 Å². The summed E-state index contributed by atoms with van der Waals surface area (Å²) >= 11 is 4.79. The van der Waals surface area contributed by atoms with E-state index in [9.17, 15) is 5.11 Å². The summed E-state index contributed by atoms with van der Waals surface area (Å²) in [6.45, 7) is 1.78. The van der Waals surface area contributed by atoms with E-state index in [1.165, 1.54) is 11.3 Å². The Balaban J connectivity index is 2.27. The molecule has 0 spiro atoms. The zero-order valence-corrected chi connectivity index (χ0v) is 13.9. The van der Waals surface area contributed by atoms with Gasteiger partial charge in [0.15, 0.2) is 11.5 Å². The quantitative estimate of drug-likeness (QED) is 0.891. The van der Waals surface area contributed by atoms with Crippen LogP contribution in [-0.2, 0) is 12.0 Å². The lowest BCUT2D eigenvalue weighted by molar-refractivity contribution is 0.0605. The van der Waals surface area contributed by atoms with Gasteiger partial charge in [-0.1, -0.05) is 6.07 Å². The molecule has 1 heterocycles. The fourth-order valence-corrected chi connectivity index (χ4v) is 3.73. The molecule has 1 N–H and O–H groups in total. The third-order valence-electron chi connectivity index (χ3n) is 3.01. The number of thiazole rings is 1. The summed E-state index contributed by atoms with van der Waals surface area (Å²) in [4.78, 5) is 4.93. The standard InChI is InChI=1S/C14H16BrNO3S/c1-14(17,12-13(15)16-8-20-12)7-9-4-5-10(18-2)11(6-9)19-3/h4-6,8,17H,7H2,1-3H3. The molecule has 6 heteroatoms. The summed E-state index contributed by atoms with van der Waals surface area (Å²) in [6, 6.07) is 5.64. The molecule has 0 fully saturated rings. The van der Waals surface area contributed by atoms with Crippen LogP contribution in [0.1, 0.15) is 17.4 Å². The van der Waals surface area contributed by atoms with Crippen LogP contribution in [0, 0.1) is 0 Å². The molecule has 0 aliphatic heterocycles. The van der Waals surface area contributed by atoms with E-state index >= 15 is 0 Å². The van der Waals surface area contributed by atoms with Gasteiger partial charge in [0, 0.05) is 6.42 Å². The van der Waals surface area contributed by atoms with Crippen molar-refractivity contribution in [2.45, 2.75) is 18.9 Å². The molecule has 1 atom stereocenters. The van der Waals surface area contributed by atoms with Crippen molar-refractivity contribution in [3.63, 3.8) is 0 Å². The lowest BCUT2D eigenvalue weighted by Crippen LogP contribution is -2.23. The molecule has 0 saturated heterocycles. The third kappa shape index (κ3) is 3.13. The van der Waals surface area contributed by atoms with Crippen molar-refractivity contribution in [2.24, 2.45) is 0 Å². The van der Waals surface area contributed by atoms with Gasteiger partial charge in [-0.05, 0) is 40.5 Å². The second-order valence-electron chi connectivity index (χ2n) is 4.61. The number of methoxy groups -OCH3 is 2. The van der Waals surface area contributed by atoms with Crippen molar-refractivity contribution in [3.05, 3.63) is 38.8 Å². The topological polar surface area (TPSA) is 51.6 Å². The Morgan fingerprint density at radius 1 is 1.30 bits per heavy atom. The maximum atomic E-state index is 10.7. The Labute approximate surface area is 130 Å². The molecule has 2 aromatic rings. The van der Waals surface area contributed by atoms with Crippen LogP contribution in [-0.4, -0.2) is 24.3 Å². The van der Waals surface area contributed by atoms with Gasteiger partial charge < -0.3 is 14.6 Å². The van der Waals surface area contributed by atoms with Gasteiger partial charge in [-0.15, -0.1) is 11.3 Å². The number of aromatic nitrogens is 1. The summed E-state index contributed by atoms with van der Waals surface area (Å²) in [5.41, 5.74) is 1.69. The van der Waals surface area contributed by atoms with E-state index in [4.69, 9.17) is 9.47 Å². The molecule has 0 saturated carbocycles. The predicted molar refractivity (Wildman–Crippen MR) is 82.6 cm³/mol. The van der Waals surface area contributed by atoms with E-state index in [-0.39, 0.29) is 0 Å². The minimum atomic E-state index is -0.987. The first kappa shape index (κ1) is 15.3. The first-order chi connectivity index (χ1) is 9.47. The maximum absolute atomic E-state index is 10.7. The Morgan fingerprint density at radius 3 is 2.55 bits per heavy atom. The normalized spacial score (nSPS) is 13.8. The summed E-state index contributed by atoms with van der Waals surface area (Å²) in [5, 5.41) is 10.7. The van der Waals surface area contributed by atoms with Crippen LogP contribution in [0.5, 0.6) is 11.5 Å². The van der Waals surface area contributed by atoms with Crippen molar-refractivity contribution < 1.29 is 14.6 Å². The third-order valence-corrected chi connectivity index (χ3v) is 4.95. The van der Waals surface area contributed by atoms with Crippen LogP contribution < -0.4 is 9.47 Å². The molecular weight excluding hydrogens is 342 g/mol. The van der Waals surface area contributed by atoms with Crippen LogP contribution in [0.15, 0.2) is 28.3 Å². The number of nitrogens with zero attached hydrogens (tertiary/aromatic N) is 1. The highest BCUT2D eigenvalue weighted by atomic mass is 79.9. The monoisotopic (exact) mass is 357 g/mol. The molecule has 0 bridgehead atoms. The molecule has 0 amide bonds. The summed E-state index contributed by atoms with van der Waals surface area (Å²) in [6.07, 6.45) is 0.466. The SMILES string of the molecule is COc1ccc(CC(C)(O)c2scnc2Br)cc1OC. The van der Waals surface area contributed by atoms with Gasteiger partial charge in [0.25, 0.3) is 0 Å². The van der Waals surface area contributed by atoms with E-state index in [0.717, 1.165) is 10.4 Å². The number of halogens is 1. The molecule has 20 heavy (non-hydrogen) atoms. The van der Waals surface area contributed by atoms with Crippen LogP contribution in [0.3, 0.4) is 0 Å². The van der Waals surface area contributed by atoms with Crippen LogP contribution in [0.4, 0.5) is 0 Å². The molecule has 1 unspecified atom stereocenters. The Bertz CT molecular complexity index is 598. The van der Waals surface area contributed by atoms with Gasteiger partial charge in [-0.2, -0.15) is 0 Å². The summed E-state index contributed by atoms with van der Waals surface area (Å²) < 4.78 is 11.2. The number of benzene rings is 1. The molecule has 1 aromatic heterocycles. The van der Waals surface area contributed by atoms with Gasteiger partial charge in [0.1, 0.15) is 10.2 Å². The van der Waals surface area contributed by atoms with E-state index in [1.807, 2.05) is 18.2 Å². The molecule has 4 nitrogen and oxygen atoms in total. The maximum Gasteiger partial charge on any atom is 0.160 e. The second kappa shape index (κ2) is 6.11. The predicted octanol–water partition coefficient (Wildman–Crippen LogP) is 3.37. The number of ether oxygens (including phenoxy) is 2. The molecule has 108 valence electrons. The highest BCUT2D eigenvalue weighted by molar-refractivity contribution is 9.10. The van der Waals surface area contributed by atoms with Crippen molar-refractivity contribution >= 4 is 27.3 Å². The number of rotatable bonds is 5. The average Bonchev–Trinajstić information content (AvgIpc) is 2.85. The molecule has 0 radical (unpaired) electrons. The lowest BCUT2D eigenvalue weighted by atomic mass is 9.95. The van der Waals surface area contributed by atoms with Crippen LogP contribution in [0.2, 0.25) is 0 Å². The van der Waals surface area contributed by atoms with Crippen molar-refractivity contribution in [1.29, 1.82) is 0 Å². The van der Waals surface area contributed by atoms with Crippen LogP contribution in [0.25, 0.3) is 0 Å². The van der Waals surface area contributed by atoms with E-state index < -0.39 is 5.60 Å². The van der Waals surface area contributed by atoms with Crippen molar-refractivity contribution in [2.75, 3.05) is 14.2 Å². The number of hydrogen-bond donors (Lipinski definition) is 1. The largest absolute Gasteiger partial charge is 0.493 e. The van der Waals surface area contributed by atoms with E-state index in [1.54, 1.807) is 26.7 Å². The highest BCUT2D eigenvalue weighted by Gasteiger charge is 2.28. The first-order valence-electron chi connectivity index (χ1n) is 6.00. The Kier molecular flexibility index (Phi) is 4.67. The smallest absolute Gasteiger partial charge is 0.160 e. The molecule has 0 aliphatic carbocycles. The summed E-state index contributed by atoms with van der Waals surface area (Å²) in [7, 11) is 3.20. The molecular formula is C14H16BrNO3S. The first-order valence-corrected chi connectivity index (χ1v) is 7.68. The number of hydrogen-bond acceptors (Lipinski definition) is 5. The highest BCUT2D eigenvalue weighted by Crippen LogP contribution is 2.35. The fraction of sp³-hybridized carbons (Fsp3) is 0.357. The van der Waals surface area contributed by atoms with Gasteiger partial charge in [0.2, 0.25) is 0 Å². The Morgan fingerprint density at radius 2 is 2.00 bits per heavy atom. The van der Waals surface area contributed by atoms with Gasteiger partial charge in [0.05, 0.1) is 24.6 Å². The molecule has 2 rings (SSSR count). The summed E-state index contributed by atoms with van der Waals surface area (Å²) in [5.74, 6) is 1.33. The molecule has 1 aromatic carbocycles.